The van der Waals surface area contributed by atoms with Crippen LogP contribution in [0.4, 0.5) is 0 Å². The van der Waals surface area contributed by atoms with E-state index in [4.69, 9.17) is 0 Å². The molecular weight excluding hydrogens is 180 g/mol. The van der Waals surface area contributed by atoms with Gasteiger partial charge in [-0.2, -0.15) is 0 Å². The molecule has 0 heterocycles. The molecule has 0 aromatic heterocycles. The minimum absolute atomic E-state index is 0.561. The van der Waals surface area contributed by atoms with Gasteiger partial charge in [0.15, 0.2) is 0 Å². The highest BCUT2D eigenvalue weighted by Gasteiger charge is 2.54. The summed E-state index contributed by atoms with van der Waals surface area (Å²) >= 11 is 0. The molecule has 0 bridgehead atoms. The van der Waals surface area contributed by atoms with Crippen LogP contribution in [0.3, 0.4) is 0 Å². The summed E-state index contributed by atoms with van der Waals surface area (Å²) in [7, 11) is 0. The molecule has 0 radical (unpaired) electrons. The van der Waals surface area contributed by atoms with Gasteiger partial charge in [-0.1, -0.05) is 32.6 Å². The van der Waals surface area contributed by atoms with Crippen LogP contribution in [0.15, 0.2) is 35.5 Å². The molecule has 2 aliphatic rings. The van der Waals surface area contributed by atoms with Crippen LogP contribution in [-0.2, 0) is 0 Å². The lowest BCUT2D eigenvalue weighted by molar-refractivity contribution is 0.278. The largest absolute Gasteiger partial charge is 0.0953 e. The number of hydrogen-bond acceptors (Lipinski definition) is 0. The number of allylic oxidation sites excluding steroid dienone is 5. The molecular formula is C15H22. The summed E-state index contributed by atoms with van der Waals surface area (Å²) < 4.78 is 0. The Morgan fingerprint density at radius 3 is 2.33 bits per heavy atom. The Hall–Kier alpha value is -0.780. The van der Waals surface area contributed by atoms with Gasteiger partial charge in [-0.15, -0.1) is 0 Å². The van der Waals surface area contributed by atoms with Crippen LogP contribution in [0.2, 0.25) is 0 Å². The molecule has 0 amide bonds. The van der Waals surface area contributed by atoms with Crippen LogP contribution < -0.4 is 0 Å². The maximum absolute atomic E-state index is 4.29. The van der Waals surface area contributed by atoms with Gasteiger partial charge in [0.25, 0.3) is 0 Å². The van der Waals surface area contributed by atoms with Crippen LogP contribution in [0.25, 0.3) is 0 Å². The van der Waals surface area contributed by atoms with E-state index in [1.54, 1.807) is 0 Å². The van der Waals surface area contributed by atoms with Gasteiger partial charge in [-0.25, -0.2) is 0 Å². The van der Waals surface area contributed by atoms with Crippen molar-refractivity contribution in [3.05, 3.63) is 35.5 Å². The van der Waals surface area contributed by atoms with E-state index in [-0.39, 0.29) is 0 Å². The van der Waals surface area contributed by atoms with E-state index in [1.807, 2.05) is 0 Å². The third-order valence-corrected chi connectivity index (χ3v) is 4.80. The smallest absolute Gasteiger partial charge is 0.0125 e. The van der Waals surface area contributed by atoms with E-state index in [9.17, 15) is 0 Å². The van der Waals surface area contributed by atoms with Gasteiger partial charge in [0.05, 0.1) is 0 Å². The van der Waals surface area contributed by atoms with Crippen molar-refractivity contribution in [1.29, 1.82) is 0 Å². The molecule has 0 saturated heterocycles. The quantitative estimate of drug-likeness (QED) is 0.587. The van der Waals surface area contributed by atoms with Gasteiger partial charge < -0.3 is 0 Å². The minimum atomic E-state index is 0.561. The second kappa shape index (κ2) is 3.37. The van der Waals surface area contributed by atoms with Gasteiger partial charge in [0, 0.05) is 0 Å². The molecule has 0 aliphatic heterocycles. The summed E-state index contributed by atoms with van der Waals surface area (Å²) in [4.78, 5) is 0. The maximum atomic E-state index is 4.29. The number of hydrogen-bond donors (Lipinski definition) is 0. The van der Waals surface area contributed by atoms with Crippen molar-refractivity contribution in [2.45, 2.75) is 40.5 Å². The highest BCUT2D eigenvalue weighted by Crippen LogP contribution is 2.64. The minimum Gasteiger partial charge on any atom is -0.0953 e. The Balaban J connectivity index is 2.47. The van der Waals surface area contributed by atoms with Crippen molar-refractivity contribution in [2.24, 2.45) is 17.3 Å². The summed E-state index contributed by atoms with van der Waals surface area (Å²) in [5.41, 5.74) is 4.90. The second-order valence-corrected chi connectivity index (χ2v) is 5.28. The van der Waals surface area contributed by atoms with Gasteiger partial charge in [-0.05, 0) is 60.7 Å². The predicted octanol–water partition coefficient (Wildman–Crippen LogP) is 4.50. The molecule has 0 heteroatoms. The van der Waals surface area contributed by atoms with Gasteiger partial charge in [0.1, 0.15) is 0 Å². The molecule has 82 valence electrons. The first-order valence-electron chi connectivity index (χ1n) is 6.07. The highest BCUT2D eigenvalue weighted by atomic mass is 14.6. The molecule has 0 N–H and O–H groups in total. The lowest BCUT2D eigenvalue weighted by Crippen LogP contribution is -2.29. The molecule has 2 rings (SSSR count). The van der Waals surface area contributed by atoms with Gasteiger partial charge >= 0.3 is 0 Å². The molecule has 1 saturated carbocycles. The third-order valence-electron chi connectivity index (χ3n) is 4.80. The normalized spacial score (nSPS) is 34.3. The lowest BCUT2D eigenvalue weighted by Gasteiger charge is -2.38. The first-order chi connectivity index (χ1) is 7.04. The van der Waals surface area contributed by atoms with Crippen molar-refractivity contribution in [3.63, 3.8) is 0 Å². The maximum Gasteiger partial charge on any atom is -0.0125 e. The summed E-state index contributed by atoms with van der Waals surface area (Å²) in [5, 5.41) is 0. The molecule has 2 aliphatic carbocycles. The molecule has 2 atom stereocenters. The van der Waals surface area contributed by atoms with Crippen LogP contribution in [0.1, 0.15) is 40.5 Å². The predicted molar refractivity (Wildman–Crippen MR) is 66.6 cm³/mol. The Labute approximate surface area is 93.8 Å². The Morgan fingerprint density at radius 2 is 1.87 bits per heavy atom. The third kappa shape index (κ3) is 1.34. The van der Waals surface area contributed by atoms with Crippen LogP contribution >= 0.6 is 0 Å². The SMILES string of the molecule is C=C1C(C)=C(C=CC)C(C)C2(CC2)C1C. The zero-order valence-electron chi connectivity index (χ0n) is 10.4. The zero-order chi connectivity index (χ0) is 11.2. The molecule has 1 spiro atoms. The fraction of sp³-hybridized carbons (Fsp3) is 0.600. The van der Waals surface area contributed by atoms with Crippen molar-refractivity contribution in [1.82, 2.24) is 0 Å². The van der Waals surface area contributed by atoms with Crippen molar-refractivity contribution in [2.75, 3.05) is 0 Å². The lowest BCUT2D eigenvalue weighted by atomic mass is 9.66. The van der Waals surface area contributed by atoms with E-state index < -0.39 is 0 Å². The average molecular weight is 202 g/mol. The van der Waals surface area contributed by atoms with E-state index in [2.05, 4.69) is 46.4 Å². The van der Waals surface area contributed by atoms with E-state index in [0.717, 1.165) is 0 Å². The van der Waals surface area contributed by atoms with E-state index >= 15 is 0 Å². The molecule has 0 nitrogen and oxygen atoms in total. The Kier molecular flexibility index (Phi) is 2.41. The summed E-state index contributed by atoms with van der Waals surface area (Å²) in [6.45, 7) is 13.4. The van der Waals surface area contributed by atoms with Gasteiger partial charge in [-0.3, -0.25) is 0 Å². The van der Waals surface area contributed by atoms with E-state index in [0.29, 0.717) is 17.3 Å². The second-order valence-electron chi connectivity index (χ2n) is 5.28. The summed E-state index contributed by atoms with van der Waals surface area (Å²) in [6.07, 6.45) is 7.23. The standard InChI is InChI=1S/C15H22/c1-6-7-14-11(3)10(2)12(4)15(8-9-15)13(14)5/h6-7,12-13H,2,8-9H2,1,3-5H3. The number of rotatable bonds is 1. The topological polar surface area (TPSA) is 0 Å². The fourth-order valence-electron chi connectivity index (χ4n) is 3.33. The van der Waals surface area contributed by atoms with Crippen LogP contribution in [-0.4, -0.2) is 0 Å². The van der Waals surface area contributed by atoms with Crippen LogP contribution in [0, 0.1) is 17.3 Å². The molecule has 1 fully saturated rings. The highest BCUT2D eigenvalue weighted by molar-refractivity contribution is 5.46. The van der Waals surface area contributed by atoms with Gasteiger partial charge in [0.2, 0.25) is 0 Å². The molecule has 2 unspecified atom stereocenters. The Morgan fingerprint density at radius 1 is 1.27 bits per heavy atom. The zero-order valence-corrected chi connectivity index (χ0v) is 10.4. The summed E-state index contributed by atoms with van der Waals surface area (Å²) in [5.74, 6) is 1.40. The first kappa shape index (κ1) is 10.7. The monoisotopic (exact) mass is 202 g/mol. The first-order valence-corrected chi connectivity index (χ1v) is 6.07. The summed E-state index contributed by atoms with van der Waals surface area (Å²) in [6, 6.07) is 0. The van der Waals surface area contributed by atoms with E-state index in [1.165, 1.54) is 29.6 Å². The van der Waals surface area contributed by atoms with Crippen molar-refractivity contribution >= 4 is 0 Å². The molecule has 0 aromatic rings. The Bertz CT molecular complexity index is 350. The van der Waals surface area contributed by atoms with Crippen molar-refractivity contribution < 1.29 is 0 Å². The van der Waals surface area contributed by atoms with Crippen molar-refractivity contribution in [3.8, 4) is 0 Å². The van der Waals surface area contributed by atoms with Crippen LogP contribution in [0.5, 0.6) is 0 Å². The molecule has 0 aromatic carbocycles. The average Bonchev–Trinajstić information content (AvgIpc) is 3.01. The molecule has 15 heavy (non-hydrogen) atoms. The fourth-order valence-corrected chi connectivity index (χ4v) is 3.33.